The lowest BCUT2D eigenvalue weighted by Crippen LogP contribution is -2.18. The smallest absolute Gasteiger partial charge is 0.251 e. The number of fused-ring (bicyclic) bond motifs is 1. The number of nitrogens with zero attached hydrogens (tertiary/aromatic N) is 5. The Labute approximate surface area is 205 Å². The van der Waals surface area contributed by atoms with Crippen molar-refractivity contribution in [3.05, 3.63) is 72.2 Å². The molecule has 3 heterocycles. The number of amides is 1. The number of nitrogens with one attached hydrogen (secondary N) is 2. The maximum absolute atomic E-state index is 12.3. The molecule has 0 aliphatic carbocycles. The number of rotatable bonds is 7. The molecule has 4 rings (SSSR count). The molecule has 35 heavy (non-hydrogen) atoms. The van der Waals surface area contributed by atoms with Gasteiger partial charge in [0.05, 0.1) is 16.8 Å². The Morgan fingerprint density at radius 2 is 1.80 bits per heavy atom. The van der Waals surface area contributed by atoms with Gasteiger partial charge in [0.15, 0.2) is 0 Å². The Morgan fingerprint density at radius 3 is 2.49 bits per heavy atom. The summed E-state index contributed by atoms with van der Waals surface area (Å²) in [5.41, 5.74) is 4.07. The summed E-state index contributed by atoms with van der Waals surface area (Å²) in [6, 6.07) is 9.68. The van der Waals surface area contributed by atoms with Crippen molar-refractivity contribution >= 4 is 22.6 Å². The molecule has 3 aromatic heterocycles. The van der Waals surface area contributed by atoms with Crippen molar-refractivity contribution in [2.45, 2.75) is 45.4 Å². The Kier molecular flexibility index (Phi) is 7.00. The Balaban J connectivity index is 1.56. The van der Waals surface area contributed by atoms with E-state index in [1.54, 1.807) is 38.0 Å². The lowest BCUT2D eigenvalue weighted by molar-refractivity contribution is 0.0964. The van der Waals surface area contributed by atoms with Gasteiger partial charge in [-0.2, -0.15) is 0 Å². The van der Waals surface area contributed by atoms with Gasteiger partial charge in [-0.1, -0.05) is 45.9 Å². The van der Waals surface area contributed by atoms with Crippen LogP contribution in [0.5, 0.6) is 0 Å². The van der Waals surface area contributed by atoms with Crippen LogP contribution < -0.4 is 10.6 Å². The largest absolute Gasteiger partial charge is 0.369 e. The number of aromatic nitrogens is 5. The molecular weight excluding hydrogens is 438 g/mol. The number of hydrogen-bond donors (Lipinski definition) is 2. The van der Waals surface area contributed by atoms with Gasteiger partial charge in [-0.3, -0.25) is 9.78 Å². The molecule has 0 spiro atoms. The van der Waals surface area contributed by atoms with Crippen molar-refractivity contribution in [3.63, 3.8) is 0 Å². The SMILES string of the molecule is CCC(CNc1cc(-c2cnc(C(C)(C)C)nc2)ncn1)c1cccc2c(C(=O)NC)ccnc12. The van der Waals surface area contributed by atoms with E-state index in [1.807, 2.05) is 18.2 Å². The highest BCUT2D eigenvalue weighted by Crippen LogP contribution is 2.29. The van der Waals surface area contributed by atoms with E-state index in [0.29, 0.717) is 12.1 Å². The Hall–Kier alpha value is -3.94. The summed E-state index contributed by atoms with van der Waals surface area (Å²) >= 11 is 0. The van der Waals surface area contributed by atoms with Crippen LogP contribution in [-0.2, 0) is 5.41 Å². The summed E-state index contributed by atoms with van der Waals surface area (Å²) in [6.45, 7) is 9.07. The van der Waals surface area contributed by atoms with Gasteiger partial charge in [0, 0.05) is 60.5 Å². The minimum absolute atomic E-state index is 0.107. The number of carbonyl (C=O) groups excluding carboxylic acids is 1. The van der Waals surface area contributed by atoms with Crippen LogP contribution in [-0.4, -0.2) is 44.4 Å². The zero-order valence-corrected chi connectivity index (χ0v) is 20.8. The predicted molar refractivity (Wildman–Crippen MR) is 138 cm³/mol. The fraction of sp³-hybridized carbons (Fsp3) is 0.333. The van der Waals surface area contributed by atoms with Crippen LogP contribution in [0.15, 0.2) is 55.2 Å². The average molecular weight is 470 g/mol. The maximum Gasteiger partial charge on any atom is 0.251 e. The number of pyridine rings is 1. The summed E-state index contributed by atoms with van der Waals surface area (Å²) in [7, 11) is 1.64. The second-order valence-corrected chi connectivity index (χ2v) is 9.50. The molecule has 0 fully saturated rings. The minimum atomic E-state index is -0.117. The molecule has 0 aliphatic heterocycles. The van der Waals surface area contributed by atoms with Gasteiger partial charge in [0.2, 0.25) is 0 Å². The van der Waals surface area contributed by atoms with Crippen molar-refractivity contribution < 1.29 is 4.79 Å². The monoisotopic (exact) mass is 469 g/mol. The second kappa shape index (κ2) is 10.1. The third-order valence-corrected chi connectivity index (χ3v) is 6.02. The standard InChI is InChI=1S/C27H31N7O/c1-6-17(19-8-7-9-20-21(25(35)28-5)10-11-29-24(19)20)13-30-23-12-22(33-16-34-23)18-14-31-26(32-15-18)27(2,3)4/h7-12,14-17H,6,13H2,1-5H3,(H,28,35)(H,30,33,34). The number of carbonyl (C=O) groups is 1. The van der Waals surface area contributed by atoms with Gasteiger partial charge in [0.1, 0.15) is 18.0 Å². The molecule has 0 bridgehead atoms. The molecule has 2 N–H and O–H groups in total. The van der Waals surface area contributed by atoms with E-state index in [4.69, 9.17) is 0 Å². The molecule has 1 aromatic carbocycles. The number of benzene rings is 1. The van der Waals surface area contributed by atoms with Crippen molar-refractivity contribution in [1.29, 1.82) is 0 Å². The second-order valence-electron chi connectivity index (χ2n) is 9.50. The summed E-state index contributed by atoms with van der Waals surface area (Å²) in [5.74, 6) is 1.59. The molecule has 8 nitrogen and oxygen atoms in total. The molecule has 180 valence electrons. The molecule has 0 saturated heterocycles. The van der Waals surface area contributed by atoms with Crippen molar-refractivity contribution in [2.75, 3.05) is 18.9 Å². The van der Waals surface area contributed by atoms with Crippen LogP contribution >= 0.6 is 0 Å². The summed E-state index contributed by atoms with van der Waals surface area (Å²) < 4.78 is 0. The summed E-state index contributed by atoms with van der Waals surface area (Å²) in [5, 5.41) is 7.02. The highest BCUT2D eigenvalue weighted by atomic mass is 16.1. The van der Waals surface area contributed by atoms with Gasteiger partial charge >= 0.3 is 0 Å². The van der Waals surface area contributed by atoms with Crippen LogP contribution in [0.25, 0.3) is 22.2 Å². The molecule has 0 radical (unpaired) electrons. The van der Waals surface area contributed by atoms with Crippen LogP contribution in [0, 0.1) is 0 Å². The number of para-hydroxylation sites is 1. The molecule has 4 aromatic rings. The fourth-order valence-corrected chi connectivity index (χ4v) is 4.02. The van der Waals surface area contributed by atoms with E-state index in [-0.39, 0.29) is 17.2 Å². The van der Waals surface area contributed by atoms with E-state index >= 15 is 0 Å². The lowest BCUT2D eigenvalue weighted by Gasteiger charge is -2.19. The number of anilines is 1. The predicted octanol–water partition coefficient (Wildman–Crippen LogP) is 4.74. The van der Waals surface area contributed by atoms with Crippen molar-refractivity contribution in [1.82, 2.24) is 30.2 Å². The third kappa shape index (κ3) is 5.26. The van der Waals surface area contributed by atoms with E-state index in [0.717, 1.165) is 45.8 Å². The van der Waals surface area contributed by atoms with Gasteiger partial charge in [0.25, 0.3) is 5.91 Å². The highest BCUT2D eigenvalue weighted by molar-refractivity contribution is 6.06. The molecular formula is C27H31N7O. The third-order valence-electron chi connectivity index (χ3n) is 6.02. The van der Waals surface area contributed by atoms with E-state index < -0.39 is 0 Å². The van der Waals surface area contributed by atoms with Crippen molar-refractivity contribution in [3.8, 4) is 11.3 Å². The zero-order chi connectivity index (χ0) is 25.0. The molecule has 1 atom stereocenters. The minimum Gasteiger partial charge on any atom is -0.369 e. The topological polar surface area (TPSA) is 106 Å². The summed E-state index contributed by atoms with van der Waals surface area (Å²) in [4.78, 5) is 34.8. The number of hydrogen-bond acceptors (Lipinski definition) is 7. The Bertz CT molecular complexity index is 1330. The first kappa shape index (κ1) is 24.2. The normalized spacial score (nSPS) is 12.4. The van der Waals surface area contributed by atoms with Gasteiger partial charge in [-0.05, 0) is 18.1 Å². The van der Waals surface area contributed by atoms with Crippen LogP contribution in [0.4, 0.5) is 5.82 Å². The maximum atomic E-state index is 12.3. The quantitative estimate of drug-likeness (QED) is 0.402. The van der Waals surface area contributed by atoms with Gasteiger partial charge < -0.3 is 10.6 Å². The van der Waals surface area contributed by atoms with Crippen LogP contribution in [0.2, 0.25) is 0 Å². The lowest BCUT2D eigenvalue weighted by atomic mass is 9.92. The van der Waals surface area contributed by atoms with Crippen LogP contribution in [0.3, 0.4) is 0 Å². The van der Waals surface area contributed by atoms with Gasteiger partial charge in [-0.25, -0.2) is 19.9 Å². The molecule has 1 unspecified atom stereocenters. The summed E-state index contributed by atoms with van der Waals surface area (Å²) in [6.07, 6.45) is 7.75. The fourth-order valence-electron chi connectivity index (χ4n) is 4.02. The highest BCUT2D eigenvalue weighted by Gasteiger charge is 2.18. The van der Waals surface area contributed by atoms with Gasteiger partial charge in [-0.15, -0.1) is 0 Å². The van der Waals surface area contributed by atoms with E-state index in [1.165, 1.54) is 0 Å². The molecule has 0 saturated carbocycles. The molecule has 0 aliphatic rings. The van der Waals surface area contributed by atoms with Crippen LogP contribution in [0.1, 0.15) is 61.8 Å². The first-order chi connectivity index (χ1) is 16.8. The zero-order valence-electron chi connectivity index (χ0n) is 20.8. The van der Waals surface area contributed by atoms with Crippen molar-refractivity contribution in [2.24, 2.45) is 0 Å². The molecule has 8 heteroatoms. The first-order valence-electron chi connectivity index (χ1n) is 11.8. The Morgan fingerprint density at radius 1 is 1.03 bits per heavy atom. The van der Waals surface area contributed by atoms with E-state index in [2.05, 4.69) is 69.3 Å². The molecule has 1 amide bonds. The van der Waals surface area contributed by atoms with E-state index in [9.17, 15) is 4.79 Å². The first-order valence-corrected chi connectivity index (χ1v) is 11.8. The average Bonchev–Trinajstić information content (AvgIpc) is 2.88.